The summed E-state index contributed by atoms with van der Waals surface area (Å²) >= 11 is 0. The molecule has 0 spiro atoms. The summed E-state index contributed by atoms with van der Waals surface area (Å²) in [6, 6.07) is 7.45. The minimum Gasteiger partial charge on any atom is -0.426 e. The molecule has 1 aromatic carbocycles. The number of rotatable bonds is 7. The van der Waals surface area contributed by atoms with Crippen LogP contribution in [0.2, 0.25) is 0 Å². The zero-order chi connectivity index (χ0) is 18.2. The van der Waals surface area contributed by atoms with Crippen LogP contribution in [0, 0.1) is 13.8 Å². The van der Waals surface area contributed by atoms with Crippen molar-refractivity contribution in [2.75, 3.05) is 13.1 Å². The van der Waals surface area contributed by atoms with Gasteiger partial charge in [0.15, 0.2) is 0 Å². The van der Waals surface area contributed by atoms with Gasteiger partial charge in [0.1, 0.15) is 5.75 Å². The van der Waals surface area contributed by atoms with Crippen LogP contribution in [-0.4, -0.2) is 29.9 Å². The van der Waals surface area contributed by atoms with Crippen molar-refractivity contribution in [2.45, 2.75) is 27.3 Å². The van der Waals surface area contributed by atoms with Gasteiger partial charge in [-0.1, -0.05) is 12.1 Å². The van der Waals surface area contributed by atoms with E-state index < -0.39 is 0 Å². The first-order valence-corrected chi connectivity index (χ1v) is 8.15. The fraction of sp³-hybridized carbons (Fsp3) is 0.316. The number of benzene rings is 1. The Morgan fingerprint density at radius 1 is 1.16 bits per heavy atom. The molecule has 2 rings (SSSR count). The number of carbonyl (C=O) groups excluding carboxylic acids is 2. The Balaban J connectivity index is 1.78. The molecule has 25 heavy (non-hydrogen) atoms. The second kappa shape index (κ2) is 8.94. The summed E-state index contributed by atoms with van der Waals surface area (Å²) in [4.78, 5) is 26.9. The third kappa shape index (κ3) is 5.69. The van der Waals surface area contributed by atoms with Crippen LogP contribution < -0.4 is 15.4 Å². The van der Waals surface area contributed by atoms with Gasteiger partial charge in [0.05, 0.1) is 5.56 Å². The maximum Gasteiger partial charge on any atom is 0.308 e. The lowest BCUT2D eigenvalue weighted by Gasteiger charge is -2.12. The van der Waals surface area contributed by atoms with E-state index in [0.717, 1.165) is 16.7 Å². The molecule has 0 aliphatic rings. The standard InChI is InChI=1S/C19H23N3O3/c1-13-9-16(10-14(2)18(13)25-15(3)23)11-21-7-8-22-19(24)17-5-4-6-20-12-17/h4-6,9-10,12,21H,7-8,11H2,1-3H3,(H,22,24). The molecule has 0 bridgehead atoms. The Bertz CT molecular complexity index is 722. The molecule has 0 fully saturated rings. The van der Waals surface area contributed by atoms with E-state index >= 15 is 0 Å². The predicted molar refractivity (Wildman–Crippen MR) is 95.5 cm³/mol. The molecule has 0 aliphatic heterocycles. The lowest BCUT2D eigenvalue weighted by Crippen LogP contribution is -2.31. The van der Waals surface area contributed by atoms with E-state index in [9.17, 15) is 9.59 Å². The molecule has 0 aliphatic carbocycles. The van der Waals surface area contributed by atoms with Gasteiger partial charge in [0, 0.05) is 39.0 Å². The maximum absolute atomic E-state index is 11.9. The lowest BCUT2D eigenvalue weighted by atomic mass is 10.1. The molecule has 0 saturated carbocycles. The highest BCUT2D eigenvalue weighted by atomic mass is 16.5. The number of hydrogen-bond acceptors (Lipinski definition) is 5. The normalized spacial score (nSPS) is 10.4. The highest BCUT2D eigenvalue weighted by molar-refractivity contribution is 5.93. The number of nitrogens with one attached hydrogen (secondary N) is 2. The van der Waals surface area contributed by atoms with Crippen LogP contribution >= 0.6 is 0 Å². The van der Waals surface area contributed by atoms with E-state index in [4.69, 9.17) is 4.74 Å². The van der Waals surface area contributed by atoms with Gasteiger partial charge in [0.25, 0.3) is 5.91 Å². The molecule has 2 N–H and O–H groups in total. The molecular weight excluding hydrogens is 318 g/mol. The van der Waals surface area contributed by atoms with E-state index in [0.29, 0.717) is 30.9 Å². The van der Waals surface area contributed by atoms with E-state index in [1.165, 1.54) is 6.92 Å². The molecule has 0 unspecified atom stereocenters. The third-order valence-corrected chi connectivity index (χ3v) is 3.61. The Morgan fingerprint density at radius 3 is 2.48 bits per heavy atom. The molecule has 1 heterocycles. The van der Waals surface area contributed by atoms with Crippen molar-refractivity contribution in [2.24, 2.45) is 0 Å². The van der Waals surface area contributed by atoms with Gasteiger partial charge in [-0.2, -0.15) is 0 Å². The minimum absolute atomic E-state index is 0.132. The van der Waals surface area contributed by atoms with Gasteiger partial charge >= 0.3 is 5.97 Å². The Hall–Kier alpha value is -2.73. The Labute approximate surface area is 147 Å². The highest BCUT2D eigenvalue weighted by Gasteiger charge is 2.09. The second-order valence-corrected chi connectivity index (χ2v) is 5.83. The number of carbonyl (C=O) groups is 2. The molecular formula is C19H23N3O3. The number of pyridine rings is 1. The highest BCUT2D eigenvalue weighted by Crippen LogP contribution is 2.24. The third-order valence-electron chi connectivity index (χ3n) is 3.61. The topological polar surface area (TPSA) is 80.3 Å². The zero-order valence-corrected chi connectivity index (χ0v) is 14.8. The first kappa shape index (κ1) is 18.6. The number of aromatic nitrogens is 1. The monoisotopic (exact) mass is 341 g/mol. The van der Waals surface area contributed by atoms with Gasteiger partial charge in [-0.15, -0.1) is 0 Å². The van der Waals surface area contributed by atoms with Crippen LogP contribution in [0.4, 0.5) is 0 Å². The lowest BCUT2D eigenvalue weighted by molar-refractivity contribution is -0.131. The number of amides is 1. The van der Waals surface area contributed by atoms with Crippen molar-refractivity contribution in [1.82, 2.24) is 15.6 Å². The fourth-order valence-electron chi connectivity index (χ4n) is 2.54. The number of esters is 1. The molecule has 2 aromatic rings. The van der Waals surface area contributed by atoms with Crippen molar-refractivity contribution in [3.8, 4) is 5.75 Å². The molecule has 6 nitrogen and oxygen atoms in total. The van der Waals surface area contributed by atoms with Gasteiger partial charge in [0.2, 0.25) is 0 Å². The van der Waals surface area contributed by atoms with Gasteiger partial charge < -0.3 is 15.4 Å². The van der Waals surface area contributed by atoms with Crippen molar-refractivity contribution in [1.29, 1.82) is 0 Å². The van der Waals surface area contributed by atoms with Crippen LogP contribution in [0.25, 0.3) is 0 Å². The van der Waals surface area contributed by atoms with E-state index in [-0.39, 0.29) is 11.9 Å². The van der Waals surface area contributed by atoms with E-state index in [2.05, 4.69) is 15.6 Å². The number of nitrogens with zero attached hydrogens (tertiary/aromatic N) is 1. The van der Waals surface area contributed by atoms with Crippen LogP contribution in [-0.2, 0) is 11.3 Å². The average Bonchev–Trinajstić information content (AvgIpc) is 2.58. The first-order valence-electron chi connectivity index (χ1n) is 8.15. The van der Waals surface area contributed by atoms with Crippen molar-refractivity contribution >= 4 is 11.9 Å². The molecule has 0 radical (unpaired) electrons. The quantitative estimate of drug-likeness (QED) is 0.458. The summed E-state index contributed by atoms with van der Waals surface area (Å²) in [6.45, 7) is 7.08. The number of hydrogen-bond donors (Lipinski definition) is 2. The van der Waals surface area contributed by atoms with Crippen LogP contribution in [0.3, 0.4) is 0 Å². The van der Waals surface area contributed by atoms with Crippen molar-refractivity contribution in [3.63, 3.8) is 0 Å². The molecule has 132 valence electrons. The van der Waals surface area contributed by atoms with Crippen molar-refractivity contribution < 1.29 is 14.3 Å². The Morgan fingerprint density at radius 2 is 1.88 bits per heavy atom. The SMILES string of the molecule is CC(=O)Oc1c(C)cc(CNCCNC(=O)c2cccnc2)cc1C. The largest absolute Gasteiger partial charge is 0.426 e. The minimum atomic E-state index is -0.318. The summed E-state index contributed by atoms with van der Waals surface area (Å²) < 4.78 is 5.23. The number of ether oxygens (including phenoxy) is 1. The fourth-order valence-corrected chi connectivity index (χ4v) is 2.54. The van der Waals surface area contributed by atoms with Crippen molar-refractivity contribution in [3.05, 3.63) is 58.9 Å². The van der Waals surface area contributed by atoms with Crippen LogP contribution in [0.15, 0.2) is 36.7 Å². The maximum atomic E-state index is 11.9. The molecule has 0 saturated heterocycles. The van der Waals surface area contributed by atoms with E-state index in [1.54, 1.807) is 24.5 Å². The zero-order valence-electron chi connectivity index (χ0n) is 14.8. The summed E-state index contributed by atoms with van der Waals surface area (Å²) in [6.07, 6.45) is 3.17. The summed E-state index contributed by atoms with van der Waals surface area (Å²) in [5.41, 5.74) is 3.51. The number of aryl methyl sites for hydroxylation is 2. The van der Waals surface area contributed by atoms with Crippen LogP contribution in [0.1, 0.15) is 34.0 Å². The average molecular weight is 341 g/mol. The molecule has 1 amide bonds. The summed E-state index contributed by atoms with van der Waals surface area (Å²) in [5.74, 6) is 0.175. The van der Waals surface area contributed by atoms with E-state index in [1.807, 2.05) is 26.0 Å². The van der Waals surface area contributed by atoms with Gasteiger partial charge in [-0.3, -0.25) is 14.6 Å². The smallest absolute Gasteiger partial charge is 0.308 e. The molecule has 1 aromatic heterocycles. The van der Waals surface area contributed by atoms with Gasteiger partial charge in [-0.05, 0) is 42.7 Å². The predicted octanol–water partition coefficient (Wildman–Crippen LogP) is 2.14. The second-order valence-electron chi connectivity index (χ2n) is 5.83. The summed E-state index contributed by atoms with van der Waals surface area (Å²) in [7, 11) is 0. The Kier molecular flexibility index (Phi) is 6.65. The summed E-state index contributed by atoms with van der Waals surface area (Å²) in [5, 5.41) is 6.12. The van der Waals surface area contributed by atoms with Gasteiger partial charge in [-0.25, -0.2) is 0 Å². The first-order chi connectivity index (χ1) is 12.0. The molecule has 0 atom stereocenters. The molecule has 6 heteroatoms. The van der Waals surface area contributed by atoms with Crippen LogP contribution in [0.5, 0.6) is 5.75 Å².